The first-order valence-electron chi connectivity index (χ1n) is 13.9. The number of carbonyl (C=O) groups is 2. The molecule has 0 radical (unpaired) electrons. The number of hydrogen-bond acceptors (Lipinski definition) is 5. The van der Waals surface area contributed by atoms with Crippen LogP contribution in [0, 0.1) is 0 Å². The molecule has 3 aliphatic heterocycles. The van der Waals surface area contributed by atoms with Crippen molar-refractivity contribution in [2.75, 3.05) is 44.6 Å². The zero-order chi connectivity index (χ0) is 25.5. The van der Waals surface area contributed by atoms with Gasteiger partial charge in [-0.05, 0) is 97.1 Å². The topological polar surface area (TPSA) is 77.2 Å². The van der Waals surface area contributed by atoms with E-state index >= 15 is 0 Å². The van der Waals surface area contributed by atoms with Gasteiger partial charge in [-0.15, -0.1) is 0 Å². The highest BCUT2D eigenvalue weighted by Gasteiger charge is 2.31. The lowest BCUT2D eigenvalue weighted by molar-refractivity contribution is 0.0107. The van der Waals surface area contributed by atoms with Crippen LogP contribution in [-0.2, 0) is 11.3 Å². The molecule has 36 heavy (non-hydrogen) atoms. The lowest BCUT2D eigenvalue weighted by Gasteiger charge is -2.40. The molecule has 1 aromatic rings. The Labute approximate surface area is 216 Å². The summed E-state index contributed by atoms with van der Waals surface area (Å²) in [6, 6.07) is 8.49. The predicted octanol–water partition coefficient (Wildman–Crippen LogP) is 4.66. The fourth-order valence-electron chi connectivity index (χ4n) is 5.66. The molecule has 8 nitrogen and oxygen atoms in total. The molecule has 8 heteroatoms. The number of anilines is 1. The Balaban J connectivity index is 1.40. The molecule has 0 bridgehead atoms. The van der Waals surface area contributed by atoms with Crippen molar-refractivity contribution in [3.05, 3.63) is 29.8 Å². The van der Waals surface area contributed by atoms with Crippen LogP contribution in [0.2, 0.25) is 0 Å². The Morgan fingerprint density at radius 2 is 1.67 bits per heavy atom. The second kappa shape index (κ2) is 12.3. The second-order valence-corrected chi connectivity index (χ2v) is 11.5. The summed E-state index contributed by atoms with van der Waals surface area (Å²) in [5.41, 5.74) is 1.14. The van der Waals surface area contributed by atoms with E-state index in [4.69, 9.17) is 4.74 Å². The predicted molar refractivity (Wildman–Crippen MR) is 143 cm³/mol. The molecule has 3 aliphatic rings. The summed E-state index contributed by atoms with van der Waals surface area (Å²) < 4.78 is 5.77. The number of carbonyl (C=O) groups excluding carboxylic acids is 2. The van der Waals surface area contributed by atoms with Crippen molar-refractivity contribution >= 4 is 17.8 Å². The number of piperidine rings is 3. The van der Waals surface area contributed by atoms with E-state index in [1.54, 1.807) is 0 Å². The summed E-state index contributed by atoms with van der Waals surface area (Å²) in [4.78, 5) is 32.8. The number of nitrogens with one attached hydrogen (secondary N) is 2. The van der Waals surface area contributed by atoms with Crippen molar-refractivity contribution in [1.82, 2.24) is 20.0 Å². The van der Waals surface area contributed by atoms with Gasteiger partial charge in [-0.25, -0.2) is 9.59 Å². The van der Waals surface area contributed by atoms with Gasteiger partial charge in [-0.2, -0.15) is 0 Å². The van der Waals surface area contributed by atoms with Gasteiger partial charge in [-0.3, -0.25) is 0 Å². The minimum Gasteiger partial charge on any atom is -0.444 e. The van der Waals surface area contributed by atoms with Crippen LogP contribution >= 0.6 is 0 Å². The third-order valence-electron chi connectivity index (χ3n) is 7.64. The zero-order valence-corrected chi connectivity index (χ0v) is 22.4. The average Bonchev–Trinajstić information content (AvgIpc) is 2.88. The fraction of sp³-hybridized carbons (Fsp3) is 0.714. The van der Waals surface area contributed by atoms with Crippen LogP contribution in [0.25, 0.3) is 0 Å². The Kier molecular flexibility index (Phi) is 9.12. The van der Waals surface area contributed by atoms with Crippen molar-refractivity contribution in [2.24, 2.45) is 0 Å². The molecular weight excluding hydrogens is 454 g/mol. The van der Waals surface area contributed by atoms with E-state index in [1.165, 1.54) is 32.4 Å². The van der Waals surface area contributed by atoms with Crippen LogP contribution in [0.4, 0.5) is 15.3 Å². The van der Waals surface area contributed by atoms with Crippen LogP contribution in [-0.4, -0.2) is 83.8 Å². The molecule has 3 fully saturated rings. The van der Waals surface area contributed by atoms with E-state index in [-0.39, 0.29) is 18.2 Å². The minimum absolute atomic E-state index is 0.0507. The Morgan fingerprint density at radius 1 is 1.00 bits per heavy atom. The van der Waals surface area contributed by atoms with Gasteiger partial charge in [-0.1, -0.05) is 24.6 Å². The van der Waals surface area contributed by atoms with Gasteiger partial charge in [0.1, 0.15) is 5.60 Å². The largest absolute Gasteiger partial charge is 0.444 e. The van der Waals surface area contributed by atoms with E-state index in [2.05, 4.69) is 15.5 Å². The lowest BCUT2D eigenvalue weighted by atomic mass is 10.00. The van der Waals surface area contributed by atoms with Crippen LogP contribution < -0.4 is 10.6 Å². The first-order valence-corrected chi connectivity index (χ1v) is 13.9. The molecule has 3 amide bonds. The lowest BCUT2D eigenvalue weighted by Crippen LogP contribution is -2.49. The molecule has 0 aromatic heterocycles. The molecule has 0 saturated carbocycles. The van der Waals surface area contributed by atoms with Gasteiger partial charge in [0.05, 0.1) is 6.54 Å². The van der Waals surface area contributed by atoms with Crippen LogP contribution in [0.3, 0.4) is 0 Å². The zero-order valence-electron chi connectivity index (χ0n) is 22.4. The molecule has 1 aromatic carbocycles. The molecule has 2 N–H and O–H groups in total. The molecule has 0 atom stereocenters. The van der Waals surface area contributed by atoms with E-state index in [0.717, 1.165) is 63.1 Å². The summed E-state index contributed by atoms with van der Waals surface area (Å²) in [6.07, 6.45) is 7.51. The van der Waals surface area contributed by atoms with Gasteiger partial charge < -0.3 is 30.1 Å². The van der Waals surface area contributed by atoms with Crippen molar-refractivity contribution in [3.63, 3.8) is 0 Å². The number of rotatable bonds is 5. The monoisotopic (exact) mass is 499 g/mol. The highest BCUT2D eigenvalue weighted by Crippen LogP contribution is 2.25. The van der Waals surface area contributed by atoms with E-state index in [9.17, 15) is 9.59 Å². The summed E-state index contributed by atoms with van der Waals surface area (Å²) >= 11 is 0. The highest BCUT2D eigenvalue weighted by atomic mass is 16.6. The fourth-order valence-corrected chi connectivity index (χ4v) is 5.66. The maximum Gasteiger partial charge on any atom is 0.410 e. The van der Waals surface area contributed by atoms with Gasteiger partial charge >= 0.3 is 12.1 Å². The normalized spacial score (nSPS) is 20.7. The van der Waals surface area contributed by atoms with Crippen molar-refractivity contribution in [3.8, 4) is 0 Å². The maximum atomic E-state index is 13.2. The summed E-state index contributed by atoms with van der Waals surface area (Å²) in [7, 11) is 0. The average molecular weight is 500 g/mol. The first-order chi connectivity index (χ1) is 17.3. The van der Waals surface area contributed by atoms with E-state index in [1.807, 2.05) is 54.8 Å². The van der Waals surface area contributed by atoms with Crippen LogP contribution in [0.5, 0.6) is 0 Å². The van der Waals surface area contributed by atoms with E-state index < -0.39 is 5.60 Å². The number of ether oxygens (including phenoxy) is 1. The van der Waals surface area contributed by atoms with Crippen LogP contribution in [0.1, 0.15) is 71.3 Å². The smallest absolute Gasteiger partial charge is 0.410 e. The summed E-state index contributed by atoms with van der Waals surface area (Å²) in [5.74, 6) is 0. The number of likely N-dealkylation sites (tertiary alicyclic amines) is 2. The number of urea groups is 1. The summed E-state index contributed by atoms with van der Waals surface area (Å²) in [5, 5.41) is 6.53. The molecule has 3 saturated heterocycles. The van der Waals surface area contributed by atoms with Gasteiger partial charge in [0.2, 0.25) is 0 Å². The summed E-state index contributed by atoms with van der Waals surface area (Å²) in [6.45, 7) is 11.8. The minimum atomic E-state index is -0.559. The standard InChI is InChI=1S/C28H45N5O3/c1-28(2,3)36-27(35)33(24-11-15-29-16-12-24)21-22-9-5-6-10-25(22)30-26(34)32-19-13-23(14-20-32)31-17-7-4-8-18-31/h5-6,9-10,23-24,29H,4,7-8,11-21H2,1-3H3,(H,30,34). The van der Waals surface area contributed by atoms with Gasteiger partial charge in [0, 0.05) is 30.9 Å². The molecule has 3 heterocycles. The van der Waals surface area contributed by atoms with Gasteiger partial charge in [0.15, 0.2) is 0 Å². The molecule has 0 aliphatic carbocycles. The van der Waals surface area contributed by atoms with Gasteiger partial charge in [0.25, 0.3) is 0 Å². The Hall–Kier alpha value is -2.32. The van der Waals surface area contributed by atoms with Crippen LogP contribution in [0.15, 0.2) is 24.3 Å². The molecule has 0 unspecified atom stereocenters. The van der Waals surface area contributed by atoms with Crippen molar-refractivity contribution in [1.29, 1.82) is 0 Å². The number of amides is 3. The third kappa shape index (κ3) is 7.35. The van der Waals surface area contributed by atoms with Crippen molar-refractivity contribution in [2.45, 2.75) is 89.9 Å². The first kappa shape index (κ1) is 26.7. The molecule has 4 rings (SSSR count). The SMILES string of the molecule is CC(C)(C)OC(=O)N(Cc1ccccc1NC(=O)N1CCC(N2CCCCC2)CC1)C1CCNCC1. The maximum absolute atomic E-state index is 13.2. The number of hydrogen-bond donors (Lipinski definition) is 2. The Morgan fingerprint density at radius 3 is 2.33 bits per heavy atom. The molecule has 0 spiro atoms. The molecule has 200 valence electrons. The van der Waals surface area contributed by atoms with Crippen molar-refractivity contribution < 1.29 is 14.3 Å². The number of benzene rings is 1. The Bertz CT molecular complexity index is 866. The van der Waals surface area contributed by atoms with E-state index in [0.29, 0.717) is 12.6 Å². The number of nitrogens with zero attached hydrogens (tertiary/aromatic N) is 3. The third-order valence-corrected chi connectivity index (χ3v) is 7.64. The second-order valence-electron chi connectivity index (χ2n) is 11.5. The molecular formula is C28H45N5O3. The quantitative estimate of drug-likeness (QED) is 0.616. The number of para-hydroxylation sites is 1. The highest BCUT2D eigenvalue weighted by molar-refractivity contribution is 5.90.